The number of hydrogen-bond acceptors (Lipinski definition) is 2. The van der Waals surface area contributed by atoms with E-state index >= 15 is 0 Å². The minimum absolute atomic E-state index is 0.306. The fourth-order valence-electron chi connectivity index (χ4n) is 2.09. The molecule has 0 bridgehead atoms. The number of rotatable bonds is 2. The Morgan fingerprint density at radius 2 is 1.57 bits per heavy atom. The molecule has 0 amide bonds. The van der Waals surface area contributed by atoms with Gasteiger partial charge in [-0.15, -0.1) is 0 Å². The van der Waals surface area contributed by atoms with Crippen LogP contribution in [0.3, 0.4) is 0 Å². The van der Waals surface area contributed by atoms with Crippen LogP contribution in [0.4, 0.5) is 4.39 Å². The van der Waals surface area contributed by atoms with Gasteiger partial charge in [-0.25, -0.2) is 4.39 Å². The number of pyridine rings is 1. The molecule has 0 aliphatic rings. The van der Waals surface area contributed by atoms with Gasteiger partial charge in [0.25, 0.3) is 4.60 Å². The van der Waals surface area contributed by atoms with E-state index in [4.69, 9.17) is 4.74 Å². The molecular formula is C15H14Br2FNO2. The molecule has 0 radical (unpaired) electrons. The standard InChI is InChI=1S/C15H14Br2FNO2/c1-7-5-11(18)6-8(2)13(7)21-14-10(4)19(20)15(17)9(3)12(14)16/h5-6H,1-4H3. The molecule has 0 fully saturated rings. The molecule has 1 aromatic carbocycles. The molecule has 6 heteroatoms. The van der Waals surface area contributed by atoms with E-state index in [9.17, 15) is 9.60 Å². The average molecular weight is 419 g/mol. The van der Waals surface area contributed by atoms with Crippen molar-refractivity contribution >= 4 is 31.9 Å². The second kappa shape index (κ2) is 5.93. The highest BCUT2D eigenvalue weighted by atomic mass is 79.9. The zero-order valence-electron chi connectivity index (χ0n) is 12.1. The zero-order valence-corrected chi connectivity index (χ0v) is 15.2. The van der Waals surface area contributed by atoms with Crippen molar-refractivity contribution in [3.63, 3.8) is 0 Å². The van der Waals surface area contributed by atoms with Crippen LogP contribution in [0.2, 0.25) is 0 Å². The number of aryl methyl sites for hydroxylation is 2. The second-order valence-corrected chi connectivity index (χ2v) is 6.45. The summed E-state index contributed by atoms with van der Waals surface area (Å²) in [4.78, 5) is 0. The summed E-state index contributed by atoms with van der Waals surface area (Å²) in [6.07, 6.45) is 0. The van der Waals surface area contributed by atoms with Gasteiger partial charge in [-0.05, 0) is 60.0 Å². The van der Waals surface area contributed by atoms with Crippen molar-refractivity contribution in [1.29, 1.82) is 0 Å². The summed E-state index contributed by atoms with van der Waals surface area (Å²) in [6.45, 7) is 7.02. The van der Waals surface area contributed by atoms with E-state index in [-0.39, 0.29) is 5.82 Å². The van der Waals surface area contributed by atoms with Crippen LogP contribution in [0.25, 0.3) is 0 Å². The predicted octanol–water partition coefficient (Wildman–Crippen LogP) is 5.01. The molecule has 0 aliphatic heterocycles. The molecule has 3 nitrogen and oxygen atoms in total. The molecule has 1 aromatic heterocycles. The Balaban J connectivity index is 2.61. The first-order valence-corrected chi connectivity index (χ1v) is 7.85. The molecule has 1 heterocycles. The summed E-state index contributed by atoms with van der Waals surface area (Å²) in [5.41, 5.74) is 2.51. The minimum Gasteiger partial charge on any atom is -0.618 e. The lowest BCUT2D eigenvalue weighted by Gasteiger charge is -2.16. The van der Waals surface area contributed by atoms with Crippen LogP contribution in [0.5, 0.6) is 11.5 Å². The van der Waals surface area contributed by atoms with Gasteiger partial charge in [0.1, 0.15) is 11.6 Å². The fraction of sp³-hybridized carbons (Fsp3) is 0.267. The van der Waals surface area contributed by atoms with Crippen LogP contribution in [-0.4, -0.2) is 0 Å². The Bertz CT molecular complexity index is 680. The molecule has 0 saturated carbocycles. The van der Waals surface area contributed by atoms with Gasteiger partial charge >= 0.3 is 0 Å². The van der Waals surface area contributed by atoms with Crippen LogP contribution in [0, 0.1) is 38.7 Å². The van der Waals surface area contributed by atoms with Crippen molar-refractivity contribution in [3.8, 4) is 11.5 Å². The first-order chi connectivity index (χ1) is 9.73. The molecule has 112 valence electrons. The van der Waals surface area contributed by atoms with Gasteiger partial charge in [-0.2, -0.15) is 4.73 Å². The third-order valence-electron chi connectivity index (χ3n) is 3.28. The van der Waals surface area contributed by atoms with Gasteiger partial charge in [0, 0.05) is 28.4 Å². The van der Waals surface area contributed by atoms with E-state index in [1.807, 2.05) is 0 Å². The van der Waals surface area contributed by atoms with Crippen molar-refractivity contribution in [1.82, 2.24) is 0 Å². The van der Waals surface area contributed by atoms with Crippen molar-refractivity contribution in [2.75, 3.05) is 0 Å². The van der Waals surface area contributed by atoms with E-state index in [1.165, 1.54) is 12.1 Å². The number of halogens is 3. The van der Waals surface area contributed by atoms with E-state index in [1.54, 1.807) is 27.7 Å². The number of nitrogens with zero attached hydrogens (tertiary/aromatic N) is 1. The van der Waals surface area contributed by atoms with E-state index in [0.717, 1.165) is 10.3 Å². The normalized spacial score (nSPS) is 10.8. The van der Waals surface area contributed by atoms with Crippen molar-refractivity contribution in [3.05, 3.63) is 54.6 Å². The van der Waals surface area contributed by atoms with Crippen LogP contribution < -0.4 is 9.47 Å². The zero-order chi connectivity index (χ0) is 15.9. The first-order valence-electron chi connectivity index (χ1n) is 6.26. The third-order valence-corrected chi connectivity index (χ3v) is 5.15. The molecule has 2 rings (SSSR count). The lowest BCUT2D eigenvalue weighted by atomic mass is 10.1. The maximum absolute atomic E-state index is 13.4. The van der Waals surface area contributed by atoms with E-state index < -0.39 is 0 Å². The molecule has 21 heavy (non-hydrogen) atoms. The Morgan fingerprint density at radius 3 is 2.10 bits per heavy atom. The molecule has 0 unspecified atom stereocenters. The Hall–Kier alpha value is -1.14. The fourth-order valence-corrected chi connectivity index (χ4v) is 3.38. The van der Waals surface area contributed by atoms with Crippen LogP contribution in [0.1, 0.15) is 22.4 Å². The monoisotopic (exact) mass is 417 g/mol. The van der Waals surface area contributed by atoms with Gasteiger partial charge in [0.15, 0.2) is 0 Å². The summed E-state index contributed by atoms with van der Waals surface area (Å²) in [5.74, 6) is 0.685. The Kier molecular flexibility index (Phi) is 4.58. The molecule has 0 N–H and O–H groups in total. The summed E-state index contributed by atoms with van der Waals surface area (Å²) in [5, 5.41) is 12.1. The van der Waals surface area contributed by atoms with Crippen molar-refractivity contribution < 1.29 is 13.9 Å². The van der Waals surface area contributed by atoms with Crippen LogP contribution >= 0.6 is 31.9 Å². The van der Waals surface area contributed by atoms with Crippen molar-refractivity contribution in [2.24, 2.45) is 0 Å². The van der Waals surface area contributed by atoms with Gasteiger partial charge in [0.05, 0.1) is 4.47 Å². The molecular weight excluding hydrogens is 405 g/mol. The highest BCUT2D eigenvalue weighted by molar-refractivity contribution is 9.11. The average Bonchev–Trinajstić information content (AvgIpc) is 2.41. The lowest BCUT2D eigenvalue weighted by Crippen LogP contribution is -2.33. The van der Waals surface area contributed by atoms with Crippen LogP contribution in [0.15, 0.2) is 21.2 Å². The largest absolute Gasteiger partial charge is 0.618 e. The SMILES string of the molecule is Cc1cc(F)cc(C)c1Oc1c(Br)c(C)c(Br)[n+]([O-])c1C. The summed E-state index contributed by atoms with van der Waals surface area (Å²) in [7, 11) is 0. The van der Waals surface area contributed by atoms with Gasteiger partial charge in [-0.3, -0.25) is 0 Å². The van der Waals surface area contributed by atoms with E-state index in [0.29, 0.717) is 37.4 Å². The summed E-state index contributed by atoms with van der Waals surface area (Å²) in [6, 6.07) is 2.81. The third kappa shape index (κ3) is 2.92. The number of hydrogen-bond donors (Lipinski definition) is 0. The number of aromatic nitrogens is 1. The lowest BCUT2D eigenvalue weighted by molar-refractivity contribution is -0.624. The quantitative estimate of drug-likeness (QED) is 0.390. The topological polar surface area (TPSA) is 36.2 Å². The molecule has 0 spiro atoms. The smallest absolute Gasteiger partial charge is 0.263 e. The maximum atomic E-state index is 13.4. The molecule has 0 aliphatic carbocycles. The second-order valence-electron chi connectivity index (χ2n) is 4.91. The first kappa shape index (κ1) is 16.2. The molecule has 0 saturated heterocycles. The number of ether oxygens (including phenoxy) is 1. The number of benzene rings is 1. The van der Waals surface area contributed by atoms with E-state index in [2.05, 4.69) is 31.9 Å². The van der Waals surface area contributed by atoms with Gasteiger partial charge < -0.3 is 9.94 Å². The predicted molar refractivity (Wildman–Crippen MR) is 86.2 cm³/mol. The summed E-state index contributed by atoms with van der Waals surface area (Å²) < 4.78 is 21.2. The molecule has 0 atom stereocenters. The van der Waals surface area contributed by atoms with Crippen molar-refractivity contribution in [2.45, 2.75) is 27.7 Å². The van der Waals surface area contributed by atoms with Gasteiger partial charge in [-0.1, -0.05) is 0 Å². The Morgan fingerprint density at radius 1 is 1.05 bits per heavy atom. The summed E-state index contributed by atoms with van der Waals surface area (Å²) >= 11 is 6.71. The molecule has 2 aromatic rings. The maximum Gasteiger partial charge on any atom is 0.263 e. The minimum atomic E-state index is -0.306. The highest BCUT2D eigenvalue weighted by Crippen LogP contribution is 2.38. The van der Waals surface area contributed by atoms with Gasteiger partial charge in [0.2, 0.25) is 11.4 Å². The highest BCUT2D eigenvalue weighted by Gasteiger charge is 2.23. The Labute approximate surface area is 139 Å². The van der Waals surface area contributed by atoms with Crippen LogP contribution in [-0.2, 0) is 0 Å².